The molecule has 0 aliphatic carbocycles. The first-order chi connectivity index (χ1) is 10.1. The summed E-state index contributed by atoms with van der Waals surface area (Å²) in [4.78, 5) is 12.2. The number of aliphatic carboxylic acids is 1. The van der Waals surface area contributed by atoms with Crippen LogP contribution in [0.15, 0.2) is 29.8 Å². The summed E-state index contributed by atoms with van der Waals surface area (Å²) in [5.41, 5.74) is 0.197. The van der Waals surface area contributed by atoms with E-state index in [1.807, 2.05) is 0 Å². The van der Waals surface area contributed by atoms with Gasteiger partial charge >= 0.3 is 0 Å². The molecule has 0 aliphatic rings. The molecule has 0 saturated heterocycles. The lowest BCUT2D eigenvalue weighted by atomic mass is 10.1. The molecule has 1 N–H and O–H groups in total. The number of carbonyl (C=O) groups excluding carboxylic acids is 1. The average Bonchev–Trinajstić information content (AvgIpc) is 2.49. The Morgan fingerprint density at radius 3 is 2.71 bits per heavy atom. The summed E-state index contributed by atoms with van der Waals surface area (Å²) in [7, 11) is 0. The summed E-state index contributed by atoms with van der Waals surface area (Å²) in [5, 5.41) is 19.4. The van der Waals surface area contributed by atoms with Crippen LogP contribution in [0.25, 0.3) is 6.08 Å². The first kappa shape index (κ1) is 16.7. The van der Waals surface area contributed by atoms with Gasteiger partial charge in [-0.25, -0.2) is 0 Å². The molecule has 0 heterocycles. The van der Waals surface area contributed by atoms with Crippen molar-refractivity contribution < 1.29 is 19.5 Å². The SMILES string of the molecule is CC[NH+](CC)CCOc1cccc(/C=C(/C#N)C(=O)[O-])c1. The van der Waals surface area contributed by atoms with Gasteiger partial charge in [-0.2, -0.15) is 5.26 Å². The lowest BCUT2D eigenvalue weighted by Crippen LogP contribution is -3.12. The number of hydrogen-bond donors (Lipinski definition) is 1. The van der Waals surface area contributed by atoms with Gasteiger partial charge in [-0.15, -0.1) is 0 Å². The Kier molecular flexibility index (Phi) is 6.99. The van der Waals surface area contributed by atoms with E-state index in [2.05, 4.69) is 13.8 Å². The summed E-state index contributed by atoms with van der Waals surface area (Å²) >= 11 is 0. The van der Waals surface area contributed by atoms with E-state index in [0.717, 1.165) is 19.6 Å². The third kappa shape index (κ3) is 5.67. The highest BCUT2D eigenvalue weighted by Gasteiger charge is 2.03. The minimum atomic E-state index is -1.48. The minimum Gasteiger partial charge on any atom is -0.544 e. The fourth-order valence-electron chi connectivity index (χ4n) is 1.91. The Bertz CT molecular complexity index is 543. The van der Waals surface area contributed by atoms with Gasteiger partial charge in [0.05, 0.1) is 24.6 Å². The number of benzene rings is 1. The van der Waals surface area contributed by atoms with Crippen molar-refractivity contribution in [3.63, 3.8) is 0 Å². The summed E-state index contributed by atoms with van der Waals surface area (Å²) in [5.74, 6) is -0.820. The molecule has 1 aromatic rings. The molecule has 0 bridgehead atoms. The van der Waals surface area contributed by atoms with Crippen molar-refractivity contribution in [1.29, 1.82) is 5.26 Å². The van der Waals surface area contributed by atoms with E-state index < -0.39 is 11.5 Å². The van der Waals surface area contributed by atoms with Crippen LogP contribution < -0.4 is 14.7 Å². The maximum Gasteiger partial charge on any atom is 0.137 e. The molecule has 0 aliphatic heterocycles. The number of quaternary nitrogens is 1. The van der Waals surface area contributed by atoms with Crippen LogP contribution in [-0.4, -0.2) is 32.2 Å². The molecule has 112 valence electrons. The number of ether oxygens (including phenoxy) is 1. The molecular formula is C16H20N2O3. The molecule has 0 unspecified atom stereocenters. The van der Waals surface area contributed by atoms with Crippen molar-refractivity contribution in [3.8, 4) is 11.8 Å². The predicted octanol–water partition coefficient (Wildman–Crippen LogP) is -0.353. The quantitative estimate of drug-likeness (QED) is 0.524. The Hall–Kier alpha value is -2.32. The smallest absolute Gasteiger partial charge is 0.137 e. The number of rotatable bonds is 8. The second-order valence-electron chi connectivity index (χ2n) is 4.59. The first-order valence-corrected chi connectivity index (χ1v) is 7.00. The van der Waals surface area contributed by atoms with Gasteiger partial charge in [0.15, 0.2) is 0 Å². The molecule has 1 rings (SSSR count). The number of nitrogens with one attached hydrogen (secondary N) is 1. The predicted molar refractivity (Wildman–Crippen MR) is 77.4 cm³/mol. The monoisotopic (exact) mass is 288 g/mol. The van der Waals surface area contributed by atoms with E-state index in [1.165, 1.54) is 11.0 Å². The van der Waals surface area contributed by atoms with Crippen LogP contribution in [0.1, 0.15) is 19.4 Å². The fraction of sp³-hybridized carbons (Fsp3) is 0.375. The van der Waals surface area contributed by atoms with Crippen molar-refractivity contribution in [2.45, 2.75) is 13.8 Å². The second kappa shape index (κ2) is 8.77. The maximum atomic E-state index is 10.7. The van der Waals surface area contributed by atoms with E-state index in [-0.39, 0.29) is 0 Å². The number of carboxylic acid groups (broad SMARTS) is 1. The number of hydrogen-bond acceptors (Lipinski definition) is 4. The van der Waals surface area contributed by atoms with Gasteiger partial charge in [-0.3, -0.25) is 0 Å². The van der Waals surface area contributed by atoms with Gasteiger partial charge in [0.2, 0.25) is 0 Å². The highest BCUT2D eigenvalue weighted by atomic mass is 16.5. The maximum absolute atomic E-state index is 10.7. The summed E-state index contributed by atoms with van der Waals surface area (Å²) in [6.45, 7) is 7.88. The Labute approximate surface area is 125 Å². The highest BCUT2D eigenvalue weighted by molar-refractivity contribution is 5.95. The third-order valence-corrected chi connectivity index (χ3v) is 3.23. The van der Waals surface area contributed by atoms with Crippen LogP contribution in [0.3, 0.4) is 0 Å². The Balaban J connectivity index is 2.69. The number of likely N-dealkylation sites (N-methyl/N-ethyl adjacent to an activating group) is 1. The highest BCUT2D eigenvalue weighted by Crippen LogP contribution is 2.15. The molecule has 0 radical (unpaired) electrons. The fourth-order valence-corrected chi connectivity index (χ4v) is 1.91. The molecule has 0 fully saturated rings. The molecule has 0 saturated carbocycles. The van der Waals surface area contributed by atoms with Gasteiger partial charge in [-0.1, -0.05) is 12.1 Å². The number of nitrogens with zero attached hydrogens (tertiary/aromatic N) is 1. The standard InChI is InChI=1S/C16H20N2O3/c1-3-18(4-2)8-9-21-15-7-5-6-13(11-15)10-14(12-17)16(19)20/h5-7,10-11H,3-4,8-9H2,1-2H3,(H,19,20)/b14-10-. The average molecular weight is 288 g/mol. The van der Waals surface area contributed by atoms with Crippen molar-refractivity contribution in [3.05, 3.63) is 35.4 Å². The first-order valence-electron chi connectivity index (χ1n) is 7.00. The van der Waals surface area contributed by atoms with Crippen LogP contribution in [0.5, 0.6) is 5.75 Å². The molecular weight excluding hydrogens is 268 g/mol. The molecule has 5 nitrogen and oxygen atoms in total. The van der Waals surface area contributed by atoms with Crippen LogP contribution in [-0.2, 0) is 4.79 Å². The van der Waals surface area contributed by atoms with Crippen LogP contribution >= 0.6 is 0 Å². The van der Waals surface area contributed by atoms with E-state index in [0.29, 0.717) is 17.9 Å². The van der Waals surface area contributed by atoms with Crippen molar-refractivity contribution >= 4 is 12.0 Å². The molecule has 1 aromatic carbocycles. The molecule has 0 amide bonds. The molecule has 0 aromatic heterocycles. The summed E-state index contributed by atoms with van der Waals surface area (Å²) in [6.07, 6.45) is 1.28. The minimum absolute atomic E-state index is 0.403. The number of carboxylic acids is 1. The Morgan fingerprint density at radius 1 is 1.43 bits per heavy atom. The van der Waals surface area contributed by atoms with Gasteiger partial charge in [0.1, 0.15) is 25.0 Å². The van der Waals surface area contributed by atoms with E-state index in [9.17, 15) is 9.90 Å². The normalized spacial score (nSPS) is 11.2. The van der Waals surface area contributed by atoms with Crippen molar-refractivity contribution in [2.75, 3.05) is 26.2 Å². The van der Waals surface area contributed by atoms with E-state index in [1.54, 1.807) is 30.3 Å². The molecule has 21 heavy (non-hydrogen) atoms. The zero-order chi connectivity index (χ0) is 15.7. The van der Waals surface area contributed by atoms with Gasteiger partial charge in [0, 0.05) is 0 Å². The molecule has 0 atom stereocenters. The number of carbonyl (C=O) groups is 1. The van der Waals surface area contributed by atoms with Crippen LogP contribution in [0, 0.1) is 11.3 Å². The molecule has 0 spiro atoms. The van der Waals surface area contributed by atoms with Crippen molar-refractivity contribution in [1.82, 2.24) is 0 Å². The van der Waals surface area contributed by atoms with Gasteiger partial charge < -0.3 is 19.5 Å². The zero-order valence-electron chi connectivity index (χ0n) is 12.4. The largest absolute Gasteiger partial charge is 0.544 e. The summed E-state index contributed by atoms with van der Waals surface area (Å²) < 4.78 is 5.66. The lowest BCUT2D eigenvalue weighted by Gasteiger charge is -2.15. The summed E-state index contributed by atoms with van der Waals surface area (Å²) in [6, 6.07) is 8.58. The van der Waals surface area contributed by atoms with E-state index in [4.69, 9.17) is 10.00 Å². The second-order valence-corrected chi connectivity index (χ2v) is 4.59. The van der Waals surface area contributed by atoms with Gasteiger partial charge in [-0.05, 0) is 37.6 Å². The third-order valence-electron chi connectivity index (χ3n) is 3.23. The van der Waals surface area contributed by atoms with Gasteiger partial charge in [0.25, 0.3) is 0 Å². The topological polar surface area (TPSA) is 77.6 Å². The zero-order valence-corrected chi connectivity index (χ0v) is 12.4. The lowest BCUT2D eigenvalue weighted by molar-refractivity contribution is -0.896. The van der Waals surface area contributed by atoms with Crippen LogP contribution in [0.2, 0.25) is 0 Å². The van der Waals surface area contributed by atoms with Crippen molar-refractivity contribution in [2.24, 2.45) is 0 Å². The van der Waals surface area contributed by atoms with Crippen LogP contribution in [0.4, 0.5) is 0 Å². The molecule has 5 heteroatoms. The Morgan fingerprint density at radius 2 is 2.14 bits per heavy atom. The van der Waals surface area contributed by atoms with E-state index >= 15 is 0 Å². The number of nitriles is 1.